The number of rotatable bonds is 3. The Labute approximate surface area is 124 Å². The first kappa shape index (κ1) is 15.0. The van der Waals surface area contributed by atoms with Gasteiger partial charge in [0.15, 0.2) is 9.84 Å². The van der Waals surface area contributed by atoms with Crippen LogP contribution in [-0.2, 0) is 14.6 Å². The van der Waals surface area contributed by atoms with Crippen molar-refractivity contribution in [2.75, 3.05) is 18.1 Å². The van der Waals surface area contributed by atoms with Gasteiger partial charge in [-0.15, -0.1) is 0 Å². The molecule has 2 unspecified atom stereocenters. The molecule has 0 aromatic heterocycles. The topological polar surface area (TPSA) is 107 Å². The van der Waals surface area contributed by atoms with Crippen LogP contribution in [-0.4, -0.2) is 49.7 Å². The number of aliphatic carboxylic acids is 1. The standard InChI is InChI=1S/C6H11NO5S.K/c8-5-3-13(11,12)2-4(5)7-1-6(9)10;/h4-5,7-8H,1-3H2,(H,9,10);/q;+1/p-1. The van der Waals surface area contributed by atoms with E-state index in [4.69, 9.17) is 0 Å². The van der Waals surface area contributed by atoms with Crippen LogP contribution in [0.15, 0.2) is 0 Å². The molecule has 1 saturated heterocycles. The van der Waals surface area contributed by atoms with E-state index >= 15 is 0 Å². The Morgan fingerprint density at radius 1 is 1.50 bits per heavy atom. The van der Waals surface area contributed by atoms with Gasteiger partial charge in [-0.05, 0) is 0 Å². The summed E-state index contributed by atoms with van der Waals surface area (Å²) in [6, 6.07) is -0.692. The van der Waals surface area contributed by atoms with E-state index < -0.39 is 34.5 Å². The maximum absolute atomic E-state index is 10.9. The first-order valence-corrected chi connectivity index (χ1v) is 5.54. The van der Waals surface area contributed by atoms with Crippen molar-refractivity contribution in [3.05, 3.63) is 0 Å². The molecule has 1 heterocycles. The van der Waals surface area contributed by atoms with E-state index in [1.165, 1.54) is 0 Å². The molecule has 0 aromatic rings. The fourth-order valence-electron chi connectivity index (χ4n) is 1.24. The molecule has 1 aliphatic heterocycles. The molecule has 1 fully saturated rings. The average Bonchev–Trinajstić information content (AvgIpc) is 2.20. The molecular weight excluding hydrogens is 237 g/mol. The van der Waals surface area contributed by atoms with E-state index in [1.807, 2.05) is 0 Å². The molecule has 0 spiro atoms. The van der Waals surface area contributed by atoms with Gasteiger partial charge in [0.1, 0.15) is 0 Å². The number of carbonyl (C=O) groups excluding carboxylic acids is 1. The quantitative estimate of drug-likeness (QED) is 0.480. The number of nitrogens with one attached hydrogen (secondary N) is 1. The van der Waals surface area contributed by atoms with Crippen molar-refractivity contribution in [2.24, 2.45) is 0 Å². The van der Waals surface area contributed by atoms with Crippen LogP contribution in [0.5, 0.6) is 0 Å². The molecular formula is C6H10KNO5S. The van der Waals surface area contributed by atoms with Gasteiger partial charge in [0.05, 0.1) is 23.6 Å². The Morgan fingerprint density at radius 3 is 2.43 bits per heavy atom. The summed E-state index contributed by atoms with van der Waals surface area (Å²) >= 11 is 0. The van der Waals surface area contributed by atoms with E-state index in [1.54, 1.807) is 0 Å². The molecule has 8 heteroatoms. The van der Waals surface area contributed by atoms with Crippen molar-refractivity contribution in [3.8, 4) is 0 Å². The van der Waals surface area contributed by atoms with Gasteiger partial charge >= 0.3 is 51.4 Å². The number of aliphatic hydroxyl groups excluding tert-OH is 1. The van der Waals surface area contributed by atoms with Crippen LogP contribution in [0.2, 0.25) is 0 Å². The predicted octanol–water partition coefficient (Wildman–Crippen LogP) is -6.51. The van der Waals surface area contributed by atoms with Gasteiger partial charge in [-0.2, -0.15) is 0 Å². The van der Waals surface area contributed by atoms with Crippen molar-refractivity contribution in [1.82, 2.24) is 5.32 Å². The molecule has 76 valence electrons. The monoisotopic (exact) mass is 247 g/mol. The smallest absolute Gasteiger partial charge is 0.549 e. The largest absolute Gasteiger partial charge is 1.00 e. The minimum Gasteiger partial charge on any atom is -0.549 e. The third-order valence-corrected chi connectivity index (χ3v) is 3.55. The van der Waals surface area contributed by atoms with Gasteiger partial charge in [-0.1, -0.05) is 0 Å². The van der Waals surface area contributed by atoms with E-state index in [2.05, 4.69) is 5.32 Å². The maximum Gasteiger partial charge on any atom is 1.00 e. The molecule has 0 bridgehead atoms. The van der Waals surface area contributed by atoms with Crippen molar-refractivity contribution < 1.29 is 74.8 Å². The molecule has 0 radical (unpaired) electrons. The summed E-state index contributed by atoms with van der Waals surface area (Å²) in [5, 5.41) is 21.6. The SMILES string of the molecule is O=C([O-])CNC1CS(=O)(=O)CC1O.[K+]. The van der Waals surface area contributed by atoms with Crippen LogP contribution >= 0.6 is 0 Å². The van der Waals surface area contributed by atoms with Crippen LogP contribution in [0, 0.1) is 0 Å². The van der Waals surface area contributed by atoms with Crippen molar-refractivity contribution in [1.29, 1.82) is 0 Å². The normalized spacial score (nSPS) is 29.5. The van der Waals surface area contributed by atoms with Crippen molar-refractivity contribution in [3.63, 3.8) is 0 Å². The van der Waals surface area contributed by atoms with Gasteiger partial charge in [0.25, 0.3) is 0 Å². The summed E-state index contributed by atoms with van der Waals surface area (Å²) in [5.74, 6) is -1.85. The first-order valence-electron chi connectivity index (χ1n) is 3.72. The number of hydrogen-bond acceptors (Lipinski definition) is 6. The van der Waals surface area contributed by atoms with E-state index in [-0.39, 0.29) is 62.9 Å². The van der Waals surface area contributed by atoms with Gasteiger partial charge in [-0.25, -0.2) is 8.42 Å². The van der Waals surface area contributed by atoms with E-state index in [9.17, 15) is 23.4 Å². The van der Waals surface area contributed by atoms with Crippen molar-refractivity contribution in [2.45, 2.75) is 12.1 Å². The Bertz CT molecular complexity index is 303. The number of hydrogen-bond donors (Lipinski definition) is 2. The summed E-state index contributed by atoms with van der Waals surface area (Å²) in [7, 11) is -3.22. The third kappa shape index (κ3) is 4.66. The number of sulfone groups is 1. The van der Waals surface area contributed by atoms with Crippen LogP contribution in [0.25, 0.3) is 0 Å². The Morgan fingerprint density at radius 2 is 2.07 bits per heavy atom. The molecule has 0 aromatic carbocycles. The molecule has 0 saturated carbocycles. The van der Waals surface area contributed by atoms with Gasteiger partial charge < -0.3 is 20.3 Å². The van der Waals surface area contributed by atoms with Crippen LogP contribution < -0.4 is 61.8 Å². The summed E-state index contributed by atoms with van der Waals surface area (Å²) in [6.07, 6.45) is -1.02. The predicted molar refractivity (Wildman–Crippen MR) is 41.5 cm³/mol. The Balaban J connectivity index is 0.00000169. The zero-order valence-electron chi connectivity index (χ0n) is 7.76. The van der Waals surface area contributed by atoms with Crippen LogP contribution in [0.3, 0.4) is 0 Å². The molecule has 1 rings (SSSR count). The Kier molecular flexibility index (Phi) is 6.31. The molecule has 2 N–H and O–H groups in total. The van der Waals surface area contributed by atoms with E-state index in [0.717, 1.165) is 0 Å². The first-order chi connectivity index (χ1) is 5.91. The second-order valence-corrected chi connectivity index (χ2v) is 5.16. The Hall–Kier alpha value is 0.976. The fraction of sp³-hybridized carbons (Fsp3) is 0.833. The third-order valence-electron chi connectivity index (χ3n) is 1.83. The maximum atomic E-state index is 10.9. The molecule has 0 amide bonds. The number of aliphatic hydroxyl groups is 1. The van der Waals surface area contributed by atoms with Gasteiger partial charge in [0, 0.05) is 12.6 Å². The second-order valence-electron chi connectivity index (χ2n) is 3.00. The summed E-state index contributed by atoms with van der Waals surface area (Å²) in [5.41, 5.74) is 0. The molecule has 1 aliphatic rings. The van der Waals surface area contributed by atoms with E-state index in [0.29, 0.717) is 0 Å². The van der Waals surface area contributed by atoms with Crippen molar-refractivity contribution >= 4 is 15.8 Å². The molecule has 0 aliphatic carbocycles. The number of carboxylic acids is 1. The number of carboxylic acid groups (broad SMARTS) is 1. The zero-order chi connectivity index (χ0) is 10.1. The molecule has 6 nitrogen and oxygen atoms in total. The summed E-state index contributed by atoms with van der Waals surface area (Å²) in [4.78, 5) is 10.0. The fourth-order valence-corrected chi connectivity index (χ4v) is 3.01. The second kappa shape index (κ2) is 5.90. The van der Waals surface area contributed by atoms with Crippen LogP contribution in [0.4, 0.5) is 0 Å². The van der Waals surface area contributed by atoms with Gasteiger partial charge in [-0.3, -0.25) is 0 Å². The minimum atomic E-state index is -3.22. The molecule has 2 atom stereocenters. The summed E-state index contributed by atoms with van der Waals surface area (Å²) < 4.78 is 21.9. The average molecular weight is 247 g/mol. The summed E-state index contributed by atoms with van der Waals surface area (Å²) in [6.45, 7) is -0.447. The van der Waals surface area contributed by atoms with Gasteiger partial charge in [0.2, 0.25) is 0 Å². The zero-order valence-corrected chi connectivity index (χ0v) is 11.7. The number of carbonyl (C=O) groups is 1. The van der Waals surface area contributed by atoms with Crippen LogP contribution in [0.1, 0.15) is 0 Å². The minimum absolute atomic E-state index is 0. The molecule has 14 heavy (non-hydrogen) atoms.